The molecule has 0 spiro atoms. The van der Waals surface area contributed by atoms with Gasteiger partial charge in [-0.3, -0.25) is 19.7 Å². The van der Waals surface area contributed by atoms with Gasteiger partial charge in [0.1, 0.15) is 5.69 Å². The first kappa shape index (κ1) is 23.9. The number of nitro benzene ring substituents is 1. The summed E-state index contributed by atoms with van der Waals surface area (Å²) in [6.45, 7) is 3.89. The van der Waals surface area contributed by atoms with Crippen molar-refractivity contribution in [3.63, 3.8) is 0 Å². The Hall–Kier alpha value is -3.42. The molecule has 8 nitrogen and oxygen atoms in total. The zero-order chi connectivity index (χ0) is 25.7. The molecule has 1 heterocycles. The summed E-state index contributed by atoms with van der Waals surface area (Å²) >= 11 is 0. The third-order valence-corrected chi connectivity index (χ3v) is 9.13. The summed E-state index contributed by atoms with van der Waals surface area (Å²) in [7, 11) is 0. The van der Waals surface area contributed by atoms with Crippen LogP contribution in [0.25, 0.3) is 0 Å². The molecule has 2 amide bonds. The van der Waals surface area contributed by atoms with Gasteiger partial charge in [0.15, 0.2) is 0 Å². The number of aryl methyl sites for hydroxylation is 1. The molecule has 1 saturated heterocycles. The lowest BCUT2D eigenvalue weighted by atomic mass is 9.53. The minimum Gasteiger partial charge on any atom is -0.362 e. The summed E-state index contributed by atoms with van der Waals surface area (Å²) in [5.41, 5.74) is 2.28. The highest BCUT2D eigenvalue weighted by atomic mass is 16.6. The van der Waals surface area contributed by atoms with Gasteiger partial charge in [-0.05, 0) is 87.0 Å². The topological polar surface area (TPSA) is 95.8 Å². The smallest absolute Gasteiger partial charge is 0.293 e. The van der Waals surface area contributed by atoms with Gasteiger partial charge < -0.3 is 15.1 Å². The Bertz CT molecular complexity index is 1210. The van der Waals surface area contributed by atoms with E-state index in [-0.39, 0.29) is 23.0 Å². The molecule has 0 atom stereocenters. The van der Waals surface area contributed by atoms with Crippen LogP contribution >= 0.6 is 0 Å². The van der Waals surface area contributed by atoms with E-state index in [0.29, 0.717) is 60.7 Å². The average Bonchev–Trinajstić information content (AvgIpc) is 2.87. The molecule has 0 radical (unpaired) electrons. The lowest BCUT2D eigenvalue weighted by Crippen LogP contribution is -2.59. The number of nitro groups is 1. The molecule has 194 valence electrons. The van der Waals surface area contributed by atoms with Crippen LogP contribution < -0.4 is 10.2 Å². The first-order valence-corrected chi connectivity index (χ1v) is 13.5. The third kappa shape index (κ3) is 4.47. The Morgan fingerprint density at radius 2 is 1.57 bits per heavy atom. The van der Waals surface area contributed by atoms with Crippen LogP contribution in [0.15, 0.2) is 42.5 Å². The molecule has 4 bridgehead atoms. The second-order valence-corrected chi connectivity index (χ2v) is 11.7. The zero-order valence-electron chi connectivity index (χ0n) is 21.3. The number of carbonyl (C=O) groups excluding carboxylic acids is 2. The lowest BCUT2D eigenvalue weighted by Gasteiger charge is -2.56. The van der Waals surface area contributed by atoms with Crippen LogP contribution in [-0.4, -0.2) is 53.4 Å². The van der Waals surface area contributed by atoms with E-state index >= 15 is 0 Å². The second kappa shape index (κ2) is 9.15. The Kier molecular flexibility index (Phi) is 5.92. The summed E-state index contributed by atoms with van der Waals surface area (Å²) in [5, 5.41) is 15.4. The van der Waals surface area contributed by atoms with Crippen molar-refractivity contribution in [2.45, 2.75) is 51.0 Å². The van der Waals surface area contributed by atoms with Gasteiger partial charge in [-0.2, -0.15) is 0 Å². The first-order chi connectivity index (χ1) is 17.8. The predicted molar refractivity (Wildman–Crippen MR) is 141 cm³/mol. The van der Waals surface area contributed by atoms with Crippen molar-refractivity contribution in [3.8, 4) is 0 Å². The number of piperazine rings is 1. The van der Waals surface area contributed by atoms with Crippen LogP contribution in [0.5, 0.6) is 0 Å². The minimum absolute atomic E-state index is 0.0102. The SMILES string of the molecule is Cc1ccccc1C(=O)N1CCN(c2ccc(C(=O)NC34CC5CC(CC(C5)C3)C4)cc2[N+](=O)[O-])CC1. The predicted octanol–water partition coefficient (Wildman–Crippen LogP) is 4.56. The number of carbonyl (C=O) groups is 2. The van der Waals surface area contributed by atoms with Crippen molar-refractivity contribution in [1.29, 1.82) is 0 Å². The summed E-state index contributed by atoms with van der Waals surface area (Å²) < 4.78 is 0. The van der Waals surface area contributed by atoms with Crippen molar-refractivity contribution >= 4 is 23.2 Å². The fourth-order valence-corrected chi connectivity index (χ4v) is 7.79. The van der Waals surface area contributed by atoms with Gasteiger partial charge in [0, 0.05) is 48.9 Å². The van der Waals surface area contributed by atoms with Gasteiger partial charge in [0.25, 0.3) is 17.5 Å². The van der Waals surface area contributed by atoms with E-state index in [1.807, 2.05) is 36.1 Å². The number of nitrogens with one attached hydrogen (secondary N) is 1. The number of anilines is 1. The standard InChI is InChI=1S/C29H34N4O4/c1-19-4-2-3-5-24(19)28(35)32-10-8-31(9-11-32)25-7-6-23(15-26(25)33(36)37)27(34)30-29-16-20-12-21(17-29)14-22(13-20)18-29/h2-7,15,20-22H,8-14,16-18H2,1H3,(H,30,34). The average molecular weight is 503 g/mol. The van der Waals surface area contributed by atoms with Crippen LogP contribution in [-0.2, 0) is 0 Å². The summed E-state index contributed by atoms with van der Waals surface area (Å²) in [6.07, 6.45) is 6.99. The van der Waals surface area contributed by atoms with E-state index < -0.39 is 4.92 Å². The van der Waals surface area contributed by atoms with Crippen LogP contribution in [0.1, 0.15) is 64.8 Å². The molecule has 2 aromatic rings. The van der Waals surface area contributed by atoms with Crippen LogP contribution in [0.2, 0.25) is 0 Å². The normalized spacial score (nSPS) is 28.3. The highest BCUT2D eigenvalue weighted by Crippen LogP contribution is 2.55. The zero-order valence-corrected chi connectivity index (χ0v) is 21.3. The van der Waals surface area contributed by atoms with E-state index in [2.05, 4.69) is 5.32 Å². The van der Waals surface area contributed by atoms with Crippen LogP contribution in [0.3, 0.4) is 0 Å². The Labute approximate surface area is 217 Å². The Morgan fingerprint density at radius 1 is 0.946 bits per heavy atom. The maximum Gasteiger partial charge on any atom is 0.293 e. The molecule has 5 fully saturated rings. The molecule has 1 aliphatic heterocycles. The highest BCUT2D eigenvalue weighted by Gasteiger charge is 2.51. The molecule has 7 rings (SSSR count). The Morgan fingerprint density at radius 3 is 2.16 bits per heavy atom. The van der Waals surface area contributed by atoms with E-state index in [9.17, 15) is 19.7 Å². The van der Waals surface area contributed by atoms with Gasteiger partial charge >= 0.3 is 0 Å². The highest BCUT2D eigenvalue weighted by molar-refractivity contribution is 5.97. The number of amides is 2. The fraction of sp³-hybridized carbons (Fsp3) is 0.517. The molecule has 0 unspecified atom stereocenters. The van der Waals surface area contributed by atoms with Gasteiger partial charge in [0.2, 0.25) is 0 Å². The molecule has 8 heteroatoms. The van der Waals surface area contributed by atoms with Crippen molar-refractivity contribution in [2.24, 2.45) is 17.8 Å². The van der Waals surface area contributed by atoms with Crippen LogP contribution in [0, 0.1) is 34.8 Å². The molecule has 2 aromatic carbocycles. The van der Waals surface area contributed by atoms with Gasteiger partial charge in [-0.1, -0.05) is 18.2 Å². The summed E-state index contributed by atoms with van der Waals surface area (Å²) in [4.78, 5) is 41.6. The molecule has 37 heavy (non-hydrogen) atoms. The molecule has 4 saturated carbocycles. The quantitative estimate of drug-likeness (QED) is 0.478. The first-order valence-electron chi connectivity index (χ1n) is 13.5. The second-order valence-electron chi connectivity index (χ2n) is 11.7. The monoisotopic (exact) mass is 502 g/mol. The molecule has 0 aromatic heterocycles. The summed E-state index contributed by atoms with van der Waals surface area (Å²) in [5.74, 6) is 1.91. The minimum atomic E-state index is -0.401. The van der Waals surface area contributed by atoms with Gasteiger partial charge in [0.05, 0.1) is 4.92 Å². The van der Waals surface area contributed by atoms with Crippen molar-refractivity contribution < 1.29 is 14.5 Å². The van der Waals surface area contributed by atoms with Crippen LogP contribution in [0.4, 0.5) is 11.4 Å². The van der Waals surface area contributed by atoms with E-state index in [1.165, 1.54) is 25.3 Å². The number of hydrogen-bond donors (Lipinski definition) is 1. The number of rotatable bonds is 5. The van der Waals surface area contributed by atoms with Crippen molar-refractivity contribution in [2.75, 3.05) is 31.1 Å². The van der Waals surface area contributed by atoms with E-state index in [0.717, 1.165) is 24.8 Å². The van der Waals surface area contributed by atoms with Crippen molar-refractivity contribution in [3.05, 3.63) is 69.3 Å². The molecule has 4 aliphatic carbocycles. The number of benzene rings is 2. The largest absolute Gasteiger partial charge is 0.362 e. The maximum absolute atomic E-state index is 13.3. The molecule has 1 N–H and O–H groups in total. The molecular formula is C29H34N4O4. The fourth-order valence-electron chi connectivity index (χ4n) is 7.79. The maximum atomic E-state index is 13.3. The van der Waals surface area contributed by atoms with Crippen molar-refractivity contribution in [1.82, 2.24) is 10.2 Å². The van der Waals surface area contributed by atoms with E-state index in [4.69, 9.17) is 0 Å². The number of hydrogen-bond acceptors (Lipinski definition) is 5. The molecular weight excluding hydrogens is 468 g/mol. The van der Waals surface area contributed by atoms with Gasteiger partial charge in [-0.25, -0.2) is 0 Å². The van der Waals surface area contributed by atoms with Gasteiger partial charge in [-0.15, -0.1) is 0 Å². The Balaban J connectivity index is 1.15. The summed E-state index contributed by atoms with van der Waals surface area (Å²) in [6, 6.07) is 12.4. The third-order valence-electron chi connectivity index (χ3n) is 9.13. The lowest BCUT2D eigenvalue weighted by molar-refractivity contribution is -0.384. The number of nitrogens with zero attached hydrogens (tertiary/aromatic N) is 3. The van der Waals surface area contributed by atoms with E-state index in [1.54, 1.807) is 17.0 Å². The molecule has 5 aliphatic rings.